The second-order valence-corrected chi connectivity index (χ2v) is 11.3. The molecule has 11 heteroatoms. The summed E-state index contributed by atoms with van der Waals surface area (Å²) in [6.45, 7) is 10.3. The highest BCUT2D eigenvalue weighted by atomic mass is 19.1. The molecule has 3 heterocycles. The Labute approximate surface area is 255 Å². The van der Waals surface area contributed by atoms with E-state index >= 15 is 4.39 Å². The number of carbonyl (C=O) groups is 1. The van der Waals surface area contributed by atoms with E-state index in [1.807, 2.05) is 33.8 Å². The third-order valence-corrected chi connectivity index (χ3v) is 6.96. The van der Waals surface area contributed by atoms with Crippen LogP contribution in [-0.4, -0.2) is 47.9 Å². The van der Waals surface area contributed by atoms with Gasteiger partial charge < -0.3 is 28.8 Å². The van der Waals surface area contributed by atoms with Gasteiger partial charge in [-0.3, -0.25) is 14.6 Å². The van der Waals surface area contributed by atoms with Gasteiger partial charge in [-0.25, -0.2) is 9.37 Å². The molecule has 1 N–H and O–H groups in total. The minimum atomic E-state index is -0.735. The highest BCUT2D eigenvalue weighted by Gasteiger charge is 2.21. The first-order valence-corrected chi connectivity index (χ1v) is 14.0. The van der Waals surface area contributed by atoms with Crippen molar-refractivity contribution < 1.29 is 28.1 Å². The summed E-state index contributed by atoms with van der Waals surface area (Å²) in [5.74, 6) is -0.651. The lowest BCUT2D eigenvalue weighted by Gasteiger charge is -2.17. The summed E-state index contributed by atoms with van der Waals surface area (Å²) in [4.78, 5) is 35.5. The Morgan fingerprint density at radius 3 is 2.45 bits per heavy atom. The summed E-state index contributed by atoms with van der Waals surface area (Å²) in [5.41, 5.74) is 2.05. The standard InChI is InChI=1S/C33H37FN4O6/c1-19-22(11-13-33(3,4)5)30(39)28(20(2)38(19)6)31(40)36-21-9-10-25(23(34)17-21)44-26-12-14-35-24-18-27(43-16-15-41-7)32(42-8)37-29(24)26/h9-14,17-18H,15-16H2,1-8H3,(H,36,40)/b13-11+. The molecule has 4 aromatic rings. The Balaban J connectivity index is 1.60. The van der Waals surface area contributed by atoms with E-state index in [0.717, 1.165) is 11.8 Å². The topological polar surface area (TPSA) is 114 Å². The molecular weight excluding hydrogens is 567 g/mol. The fraction of sp³-hybridized carbons (Fsp3) is 0.333. The zero-order chi connectivity index (χ0) is 32.2. The lowest BCUT2D eigenvalue weighted by atomic mass is 9.94. The van der Waals surface area contributed by atoms with Crippen LogP contribution in [0.15, 0.2) is 47.4 Å². The molecule has 0 atom stereocenters. The molecule has 0 radical (unpaired) electrons. The first kappa shape index (κ1) is 32.2. The number of aromatic nitrogens is 3. The molecule has 232 valence electrons. The van der Waals surface area contributed by atoms with Gasteiger partial charge in [0.25, 0.3) is 11.8 Å². The third kappa shape index (κ3) is 7.05. The van der Waals surface area contributed by atoms with Crippen molar-refractivity contribution in [2.75, 3.05) is 32.8 Å². The summed E-state index contributed by atoms with van der Waals surface area (Å²) >= 11 is 0. The number of pyridine rings is 3. The first-order chi connectivity index (χ1) is 20.8. The van der Waals surface area contributed by atoms with Gasteiger partial charge in [0.05, 0.1) is 19.2 Å². The van der Waals surface area contributed by atoms with Crippen LogP contribution < -0.4 is 25.0 Å². The van der Waals surface area contributed by atoms with Gasteiger partial charge in [-0.2, -0.15) is 0 Å². The molecule has 0 bridgehead atoms. The first-order valence-electron chi connectivity index (χ1n) is 14.0. The fourth-order valence-corrected chi connectivity index (χ4v) is 4.41. The number of halogens is 1. The molecule has 0 unspecified atom stereocenters. The molecule has 0 saturated heterocycles. The van der Waals surface area contributed by atoms with Crippen LogP contribution in [0.5, 0.6) is 23.1 Å². The maximum Gasteiger partial charge on any atom is 0.261 e. The average Bonchev–Trinajstić information content (AvgIpc) is 2.96. The number of nitrogens with zero attached hydrogens (tertiary/aromatic N) is 3. The number of methoxy groups -OCH3 is 2. The molecule has 0 aliphatic carbocycles. The largest absolute Gasteiger partial charge is 0.485 e. The van der Waals surface area contributed by atoms with Crippen LogP contribution in [-0.2, 0) is 11.8 Å². The van der Waals surface area contributed by atoms with Gasteiger partial charge in [0.2, 0.25) is 5.43 Å². The number of hydrogen-bond acceptors (Lipinski definition) is 8. The van der Waals surface area contributed by atoms with E-state index in [0.29, 0.717) is 34.6 Å². The minimum Gasteiger partial charge on any atom is -0.485 e. The Bertz CT molecular complexity index is 1790. The van der Waals surface area contributed by atoms with Crippen molar-refractivity contribution >= 4 is 28.7 Å². The predicted molar refractivity (Wildman–Crippen MR) is 168 cm³/mol. The Kier molecular flexibility index (Phi) is 9.68. The van der Waals surface area contributed by atoms with E-state index in [-0.39, 0.29) is 40.7 Å². The molecule has 0 aliphatic rings. The number of fused-ring (bicyclic) bond motifs is 1. The monoisotopic (exact) mass is 604 g/mol. The summed E-state index contributed by atoms with van der Waals surface area (Å²) in [5, 5.41) is 2.66. The minimum absolute atomic E-state index is 0.0127. The van der Waals surface area contributed by atoms with Crippen LogP contribution in [0.4, 0.5) is 10.1 Å². The van der Waals surface area contributed by atoms with E-state index < -0.39 is 17.2 Å². The van der Waals surface area contributed by atoms with Gasteiger partial charge in [0, 0.05) is 61.2 Å². The quantitative estimate of drug-likeness (QED) is 0.212. The molecule has 10 nitrogen and oxygen atoms in total. The lowest BCUT2D eigenvalue weighted by molar-refractivity contribution is 0.102. The van der Waals surface area contributed by atoms with E-state index in [9.17, 15) is 9.59 Å². The van der Waals surface area contributed by atoms with Gasteiger partial charge in [-0.05, 0) is 31.4 Å². The number of nitrogens with one attached hydrogen (secondary N) is 1. The van der Waals surface area contributed by atoms with Gasteiger partial charge >= 0.3 is 0 Å². The molecule has 1 amide bonds. The molecule has 1 aromatic carbocycles. The third-order valence-electron chi connectivity index (χ3n) is 6.96. The highest BCUT2D eigenvalue weighted by Crippen LogP contribution is 2.35. The SMILES string of the molecule is COCCOc1cc2nccc(Oc3ccc(NC(=O)c4c(C)n(C)c(C)c(/C=C/C(C)(C)C)c4=O)cc3F)c2nc1OC. The number of anilines is 1. The lowest BCUT2D eigenvalue weighted by Crippen LogP contribution is -2.28. The second kappa shape index (κ2) is 13.3. The smallest absolute Gasteiger partial charge is 0.261 e. The van der Waals surface area contributed by atoms with Crippen molar-refractivity contribution in [1.82, 2.24) is 14.5 Å². The number of rotatable bonds is 10. The number of amides is 1. The maximum absolute atomic E-state index is 15.3. The zero-order valence-electron chi connectivity index (χ0n) is 26.2. The summed E-state index contributed by atoms with van der Waals surface area (Å²) in [7, 11) is 4.82. The highest BCUT2D eigenvalue weighted by molar-refractivity contribution is 6.05. The van der Waals surface area contributed by atoms with Crippen LogP contribution in [0.2, 0.25) is 0 Å². The van der Waals surface area contributed by atoms with Crippen LogP contribution in [0.3, 0.4) is 0 Å². The Morgan fingerprint density at radius 2 is 1.80 bits per heavy atom. The van der Waals surface area contributed by atoms with Crippen molar-refractivity contribution in [3.63, 3.8) is 0 Å². The Hall–Kier alpha value is -4.77. The molecule has 0 fully saturated rings. The molecule has 0 aliphatic heterocycles. The van der Waals surface area contributed by atoms with E-state index in [1.165, 1.54) is 25.4 Å². The van der Waals surface area contributed by atoms with Crippen molar-refractivity contribution in [2.24, 2.45) is 12.5 Å². The van der Waals surface area contributed by atoms with Crippen molar-refractivity contribution in [2.45, 2.75) is 34.6 Å². The normalized spacial score (nSPS) is 11.7. The summed E-state index contributed by atoms with van der Waals surface area (Å²) in [6, 6.07) is 7.20. The summed E-state index contributed by atoms with van der Waals surface area (Å²) < 4.78 is 39.0. The predicted octanol–water partition coefficient (Wildman–Crippen LogP) is 6.22. The van der Waals surface area contributed by atoms with Gasteiger partial charge in [-0.1, -0.05) is 32.9 Å². The van der Waals surface area contributed by atoms with Crippen LogP contribution in [0.1, 0.15) is 48.1 Å². The fourth-order valence-electron chi connectivity index (χ4n) is 4.41. The van der Waals surface area contributed by atoms with Gasteiger partial charge in [0.1, 0.15) is 17.7 Å². The van der Waals surface area contributed by atoms with Gasteiger partial charge in [0.15, 0.2) is 23.1 Å². The van der Waals surface area contributed by atoms with Gasteiger partial charge in [-0.15, -0.1) is 0 Å². The van der Waals surface area contributed by atoms with E-state index in [4.69, 9.17) is 18.9 Å². The second-order valence-electron chi connectivity index (χ2n) is 11.3. The van der Waals surface area contributed by atoms with Crippen molar-refractivity contribution in [3.05, 3.63) is 81.2 Å². The van der Waals surface area contributed by atoms with Crippen LogP contribution in [0, 0.1) is 25.1 Å². The number of allylic oxidation sites excluding steroid dienone is 1. The van der Waals surface area contributed by atoms with Crippen molar-refractivity contribution in [3.8, 4) is 23.1 Å². The van der Waals surface area contributed by atoms with Crippen molar-refractivity contribution in [1.29, 1.82) is 0 Å². The van der Waals surface area contributed by atoms with Crippen LogP contribution in [0.25, 0.3) is 17.1 Å². The number of benzene rings is 1. The maximum atomic E-state index is 15.3. The molecule has 44 heavy (non-hydrogen) atoms. The van der Waals surface area contributed by atoms with E-state index in [1.54, 1.807) is 43.9 Å². The zero-order valence-corrected chi connectivity index (χ0v) is 26.2. The number of hydrogen-bond donors (Lipinski definition) is 1. The number of ether oxygens (including phenoxy) is 4. The van der Waals surface area contributed by atoms with Crippen LogP contribution >= 0.6 is 0 Å². The molecular formula is C33H37FN4O6. The molecule has 0 spiro atoms. The molecule has 4 rings (SSSR count). The average molecular weight is 605 g/mol. The van der Waals surface area contributed by atoms with E-state index in [2.05, 4.69) is 15.3 Å². The molecule has 3 aromatic heterocycles. The summed E-state index contributed by atoms with van der Waals surface area (Å²) in [6.07, 6.45) is 5.18. The molecule has 0 saturated carbocycles. The Morgan fingerprint density at radius 1 is 1.05 bits per heavy atom. The number of carbonyl (C=O) groups excluding carboxylic acids is 1.